The molecule has 2 aliphatic rings. The van der Waals surface area contributed by atoms with Gasteiger partial charge in [0, 0.05) is 31.5 Å². The van der Waals surface area contributed by atoms with Gasteiger partial charge in [0.2, 0.25) is 0 Å². The molecule has 1 spiro atoms. The topological polar surface area (TPSA) is 30.5 Å². The summed E-state index contributed by atoms with van der Waals surface area (Å²) in [5.41, 5.74) is 1.89. The maximum atomic E-state index is 13.7. The number of hydrogen-bond donors (Lipinski definition) is 1. The molecule has 2 heterocycles. The molecule has 1 aromatic carbocycles. The number of halogens is 2. The van der Waals surface area contributed by atoms with Gasteiger partial charge in [-0.05, 0) is 66.2 Å². The van der Waals surface area contributed by atoms with Crippen molar-refractivity contribution in [1.82, 2.24) is 0 Å². The fourth-order valence-electron chi connectivity index (χ4n) is 3.26. The highest BCUT2D eigenvalue weighted by atomic mass is 79.9. The lowest BCUT2D eigenvalue weighted by Gasteiger charge is -2.43. The molecule has 0 bridgehead atoms. The first-order valence-corrected chi connectivity index (χ1v) is 8.31. The number of anilines is 1. The van der Waals surface area contributed by atoms with Crippen LogP contribution in [-0.4, -0.2) is 31.5 Å². The Balaban J connectivity index is 1.71. The Labute approximate surface area is 133 Å². The van der Waals surface area contributed by atoms with E-state index in [9.17, 15) is 4.39 Å². The summed E-state index contributed by atoms with van der Waals surface area (Å²) in [6.45, 7) is 4.31. The van der Waals surface area contributed by atoms with Gasteiger partial charge in [0.05, 0.1) is 10.1 Å². The molecule has 1 atom stereocenters. The van der Waals surface area contributed by atoms with E-state index in [1.807, 2.05) is 13.0 Å². The summed E-state index contributed by atoms with van der Waals surface area (Å²) >= 11 is 3.23. The van der Waals surface area contributed by atoms with Gasteiger partial charge in [0.1, 0.15) is 5.82 Å². The molecular formula is C16H21BrFNO2. The third-order valence-electron chi connectivity index (χ3n) is 4.52. The van der Waals surface area contributed by atoms with Gasteiger partial charge in [-0.1, -0.05) is 0 Å². The van der Waals surface area contributed by atoms with Crippen molar-refractivity contribution in [1.29, 1.82) is 0 Å². The van der Waals surface area contributed by atoms with E-state index in [4.69, 9.17) is 9.47 Å². The summed E-state index contributed by atoms with van der Waals surface area (Å²) in [5.74, 6) is -0.226. The number of hydrogen-bond acceptors (Lipinski definition) is 3. The highest BCUT2D eigenvalue weighted by Gasteiger charge is 2.39. The maximum absolute atomic E-state index is 13.7. The summed E-state index contributed by atoms with van der Waals surface area (Å²) in [6.07, 6.45) is 3.84. The lowest BCUT2D eigenvalue weighted by atomic mass is 9.84. The van der Waals surface area contributed by atoms with Gasteiger partial charge >= 0.3 is 0 Å². The van der Waals surface area contributed by atoms with E-state index in [2.05, 4.69) is 21.2 Å². The quantitative estimate of drug-likeness (QED) is 0.866. The first-order valence-electron chi connectivity index (χ1n) is 7.52. The van der Waals surface area contributed by atoms with Gasteiger partial charge in [-0.3, -0.25) is 0 Å². The third kappa shape index (κ3) is 3.41. The van der Waals surface area contributed by atoms with E-state index in [-0.39, 0.29) is 11.4 Å². The van der Waals surface area contributed by atoms with Crippen molar-refractivity contribution in [2.24, 2.45) is 0 Å². The Kier molecular flexibility index (Phi) is 4.52. The normalized spacial score (nSPS) is 25.0. The summed E-state index contributed by atoms with van der Waals surface area (Å²) < 4.78 is 25.7. The fraction of sp³-hybridized carbons (Fsp3) is 0.625. The predicted molar refractivity (Wildman–Crippen MR) is 84.2 cm³/mol. The molecule has 2 fully saturated rings. The average Bonchev–Trinajstić information content (AvgIpc) is 2.46. The second kappa shape index (κ2) is 6.23. The number of benzene rings is 1. The van der Waals surface area contributed by atoms with Crippen LogP contribution < -0.4 is 5.32 Å². The van der Waals surface area contributed by atoms with E-state index < -0.39 is 0 Å². The molecule has 0 aliphatic carbocycles. The summed E-state index contributed by atoms with van der Waals surface area (Å²) in [5, 5.41) is 3.51. The Morgan fingerprint density at radius 3 is 2.81 bits per heavy atom. The minimum atomic E-state index is -0.226. The molecule has 21 heavy (non-hydrogen) atoms. The predicted octanol–water partition coefficient (Wildman–Crippen LogP) is 4.04. The van der Waals surface area contributed by atoms with Crippen LogP contribution in [0.3, 0.4) is 0 Å². The lowest BCUT2D eigenvalue weighted by Crippen LogP contribution is -2.47. The van der Waals surface area contributed by atoms with Crippen LogP contribution in [0, 0.1) is 12.7 Å². The zero-order valence-corrected chi connectivity index (χ0v) is 13.8. The molecule has 3 nitrogen and oxygen atoms in total. The molecule has 3 rings (SSSR count). The summed E-state index contributed by atoms with van der Waals surface area (Å²) in [7, 11) is 0. The summed E-state index contributed by atoms with van der Waals surface area (Å²) in [4.78, 5) is 0. The Hall–Kier alpha value is -0.650. The molecule has 0 amide bonds. The molecule has 2 saturated heterocycles. The van der Waals surface area contributed by atoms with E-state index in [0.717, 1.165) is 56.8 Å². The first kappa shape index (κ1) is 15.3. The molecule has 0 radical (unpaired) electrons. The van der Waals surface area contributed by atoms with Gasteiger partial charge in [0.15, 0.2) is 0 Å². The monoisotopic (exact) mass is 357 g/mol. The van der Waals surface area contributed by atoms with Crippen LogP contribution in [0.15, 0.2) is 16.6 Å². The third-order valence-corrected chi connectivity index (χ3v) is 5.13. The number of nitrogens with one attached hydrogen (secondary N) is 1. The molecule has 1 unspecified atom stereocenters. The van der Waals surface area contributed by atoms with Crippen LogP contribution in [0.4, 0.5) is 10.1 Å². The van der Waals surface area contributed by atoms with Gasteiger partial charge in [-0.25, -0.2) is 4.39 Å². The standard InChI is InChI=1S/C16H21BrFNO2/c1-11-8-13(17)14(18)9-15(11)19-12-2-5-21-16(10-12)3-6-20-7-4-16/h8-9,12,19H,2-7,10H2,1H3. The number of rotatable bonds is 2. The van der Waals surface area contributed by atoms with Gasteiger partial charge in [-0.2, -0.15) is 0 Å². The Morgan fingerprint density at radius 1 is 1.29 bits per heavy atom. The van der Waals surface area contributed by atoms with Gasteiger partial charge in [0.25, 0.3) is 0 Å². The van der Waals surface area contributed by atoms with Crippen molar-refractivity contribution >= 4 is 21.6 Å². The van der Waals surface area contributed by atoms with Crippen molar-refractivity contribution in [3.05, 3.63) is 28.0 Å². The van der Waals surface area contributed by atoms with E-state index in [0.29, 0.717) is 10.5 Å². The molecule has 5 heteroatoms. The SMILES string of the molecule is Cc1cc(Br)c(F)cc1NC1CCOC2(CCOCC2)C1. The fourth-order valence-corrected chi connectivity index (χ4v) is 3.72. The lowest BCUT2D eigenvalue weighted by molar-refractivity contribution is -0.135. The van der Waals surface area contributed by atoms with E-state index >= 15 is 0 Å². The number of ether oxygens (including phenoxy) is 2. The van der Waals surface area contributed by atoms with E-state index in [1.165, 1.54) is 0 Å². The number of aryl methyl sites for hydroxylation is 1. The maximum Gasteiger partial charge on any atom is 0.139 e. The van der Waals surface area contributed by atoms with Crippen LogP contribution in [0.2, 0.25) is 0 Å². The molecule has 1 N–H and O–H groups in total. The van der Waals surface area contributed by atoms with Crippen LogP contribution in [0.5, 0.6) is 0 Å². The van der Waals surface area contributed by atoms with Crippen LogP contribution in [0.25, 0.3) is 0 Å². The van der Waals surface area contributed by atoms with Crippen molar-refractivity contribution in [3.8, 4) is 0 Å². The van der Waals surface area contributed by atoms with Gasteiger partial charge < -0.3 is 14.8 Å². The second-order valence-electron chi connectivity index (χ2n) is 6.06. The van der Waals surface area contributed by atoms with Crippen molar-refractivity contribution in [2.75, 3.05) is 25.1 Å². The van der Waals surface area contributed by atoms with Crippen molar-refractivity contribution in [3.63, 3.8) is 0 Å². The molecule has 0 saturated carbocycles. The smallest absolute Gasteiger partial charge is 0.139 e. The Morgan fingerprint density at radius 2 is 2.05 bits per heavy atom. The van der Waals surface area contributed by atoms with Gasteiger partial charge in [-0.15, -0.1) is 0 Å². The highest BCUT2D eigenvalue weighted by molar-refractivity contribution is 9.10. The second-order valence-corrected chi connectivity index (χ2v) is 6.91. The largest absolute Gasteiger partial charge is 0.382 e. The van der Waals surface area contributed by atoms with Crippen molar-refractivity contribution in [2.45, 2.75) is 44.2 Å². The van der Waals surface area contributed by atoms with Crippen LogP contribution >= 0.6 is 15.9 Å². The minimum Gasteiger partial charge on any atom is -0.382 e. The Bertz CT molecular complexity index is 512. The molecule has 1 aromatic rings. The zero-order valence-electron chi connectivity index (χ0n) is 12.3. The highest BCUT2D eigenvalue weighted by Crippen LogP contribution is 2.36. The van der Waals surface area contributed by atoms with E-state index in [1.54, 1.807) is 6.07 Å². The van der Waals surface area contributed by atoms with Crippen LogP contribution in [0.1, 0.15) is 31.2 Å². The molecule has 0 aromatic heterocycles. The average molecular weight is 358 g/mol. The van der Waals surface area contributed by atoms with Crippen LogP contribution in [-0.2, 0) is 9.47 Å². The molecule has 116 valence electrons. The minimum absolute atomic E-state index is 0.0457. The molecular weight excluding hydrogens is 337 g/mol. The summed E-state index contributed by atoms with van der Waals surface area (Å²) in [6, 6.07) is 3.73. The molecule has 2 aliphatic heterocycles. The zero-order chi connectivity index (χ0) is 14.9. The first-order chi connectivity index (χ1) is 10.1. The van der Waals surface area contributed by atoms with Crippen molar-refractivity contribution < 1.29 is 13.9 Å².